The van der Waals surface area contributed by atoms with Crippen molar-refractivity contribution in [1.29, 1.82) is 0 Å². The molecule has 0 bridgehead atoms. The number of amides is 2. The number of methoxy groups -OCH3 is 1. The Morgan fingerprint density at radius 1 is 1.34 bits per heavy atom. The maximum atomic E-state index is 12.7. The predicted molar refractivity (Wildman–Crippen MR) is 116 cm³/mol. The van der Waals surface area contributed by atoms with Crippen molar-refractivity contribution in [2.75, 3.05) is 24.7 Å². The van der Waals surface area contributed by atoms with Crippen molar-refractivity contribution in [2.45, 2.75) is 26.2 Å². The van der Waals surface area contributed by atoms with Gasteiger partial charge in [0.05, 0.1) is 23.9 Å². The van der Waals surface area contributed by atoms with E-state index in [2.05, 4.69) is 30.7 Å². The average molecular weight is 440 g/mol. The highest BCUT2D eigenvalue weighted by Gasteiger charge is 2.25. The summed E-state index contributed by atoms with van der Waals surface area (Å²) < 4.78 is 32.6. The molecule has 0 unspecified atom stereocenters. The molecular weight excluding hydrogens is 414 g/mol. The monoisotopic (exact) mass is 440 g/mol. The Kier molecular flexibility index (Phi) is 4.96. The summed E-state index contributed by atoms with van der Waals surface area (Å²) in [7, 11) is 1.43. The van der Waals surface area contributed by atoms with Crippen LogP contribution < -0.4 is 20.7 Å². The summed E-state index contributed by atoms with van der Waals surface area (Å²) in [5.74, 6) is 0.555. The zero-order valence-corrected chi connectivity index (χ0v) is 17.4. The molecule has 0 spiro atoms. The van der Waals surface area contributed by atoms with E-state index in [9.17, 15) is 9.59 Å². The highest BCUT2D eigenvalue weighted by atomic mass is 16.5. The standard InChI is InChI=1S/C21H23N7O4/c1-11-25-19(28-32-11)13-6-7-23-20(18(13)31-3)26-15-9-16(24-10-14(15)21(30)22-2)27-17(29)8-12-4-5-12/h6-7,9-10,12H,4-5,8H2,1-3H3,(H,22,30)(H2,23,24,26,27,29)/i2D3. The number of aromatic nitrogens is 4. The van der Waals surface area contributed by atoms with E-state index in [1.807, 2.05) is 5.32 Å². The van der Waals surface area contributed by atoms with Gasteiger partial charge in [0.25, 0.3) is 5.91 Å². The fourth-order valence-corrected chi connectivity index (χ4v) is 3.11. The van der Waals surface area contributed by atoms with Crippen LogP contribution in [-0.2, 0) is 4.79 Å². The van der Waals surface area contributed by atoms with Crippen LogP contribution in [0, 0.1) is 12.8 Å². The van der Waals surface area contributed by atoms with Gasteiger partial charge in [-0.25, -0.2) is 9.97 Å². The molecular formula is C21H23N7O4. The van der Waals surface area contributed by atoms with Crippen molar-refractivity contribution in [2.24, 2.45) is 5.92 Å². The van der Waals surface area contributed by atoms with Crippen LogP contribution in [0.5, 0.6) is 5.75 Å². The molecule has 3 aromatic heterocycles. The average Bonchev–Trinajstić information content (AvgIpc) is 3.48. The minimum absolute atomic E-state index is 0.0778. The number of ether oxygens (including phenoxy) is 1. The topological polar surface area (TPSA) is 144 Å². The summed E-state index contributed by atoms with van der Waals surface area (Å²) in [6.45, 7) is -1.06. The molecule has 32 heavy (non-hydrogen) atoms. The van der Waals surface area contributed by atoms with Crippen molar-refractivity contribution in [1.82, 2.24) is 25.4 Å². The van der Waals surface area contributed by atoms with Crippen LogP contribution in [0.4, 0.5) is 17.3 Å². The Morgan fingerprint density at radius 3 is 2.88 bits per heavy atom. The lowest BCUT2D eigenvalue weighted by molar-refractivity contribution is -0.116. The molecule has 1 saturated carbocycles. The van der Waals surface area contributed by atoms with Crippen LogP contribution in [-0.4, -0.2) is 46.0 Å². The molecule has 0 saturated heterocycles. The molecule has 11 heteroatoms. The minimum atomic E-state index is -2.71. The highest BCUT2D eigenvalue weighted by molar-refractivity contribution is 6.01. The van der Waals surface area contributed by atoms with E-state index in [-0.39, 0.29) is 40.4 Å². The molecule has 0 radical (unpaired) electrons. The van der Waals surface area contributed by atoms with E-state index in [1.165, 1.54) is 25.6 Å². The van der Waals surface area contributed by atoms with Crippen molar-refractivity contribution < 1.29 is 23.0 Å². The van der Waals surface area contributed by atoms with E-state index in [4.69, 9.17) is 13.4 Å². The maximum absolute atomic E-state index is 12.7. The molecule has 1 fully saturated rings. The summed E-state index contributed by atoms with van der Waals surface area (Å²) in [6, 6.07) is 3.05. The molecule has 3 N–H and O–H groups in total. The Morgan fingerprint density at radius 2 is 2.19 bits per heavy atom. The lowest BCUT2D eigenvalue weighted by Gasteiger charge is -2.15. The number of pyridine rings is 2. The first-order chi connectivity index (χ1) is 16.6. The molecule has 1 aliphatic carbocycles. The van der Waals surface area contributed by atoms with Crippen LogP contribution in [0.15, 0.2) is 29.0 Å². The Labute approximate surface area is 188 Å². The van der Waals surface area contributed by atoms with Crippen molar-refractivity contribution in [3.8, 4) is 17.1 Å². The number of hydrogen-bond donors (Lipinski definition) is 3. The molecule has 2 amide bonds. The summed E-state index contributed by atoms with van der Waals surface area (Å²) in [5, 5.41) is 11.5. The van der Waals surface area contributed by atoms with Gasteiger partial charge in [-0.1, -0.05) is 5.16 Å². The number of carbonyl (C=O) groups excluding carboxylic acids is 2. The highest BCUT2D eigenvalue weighted by Crippen LogP contribution is 2.36. The molecule has 4 rings (SSSR count). The largest absolute Gasteiger partial charge is 0.492 e. The van der Waals surface area contributed by atoms with Gasteiger partial charge < -0.3 is 25.2 Å². The first kappa shape index (κ1) is 17.6. The third-order valence-corrected chi connectivity index (χ3v) is 4.83. The quantitative estimate of drug-likeness (QED) is 0.481. The number of hydrogen-bond acceptors (Lipinski definition) is 9. The summed E-state index contributed by atoms with van der Waals surface area (Å²) in [4.78, 5) is 37.5. The lowest BCUT2D eigenvalue weighted by Crippen LogP contribution is -2.20. The fraction of sp³-hybridized carbons (Fsp3) is 0.333. The van der Waals surface area contributed by atoms with Gasteiger partial charge >= 0.3 is 0 Å². The molecule has 11 nitrogen and oxygen atoms in total. The van der Waals surface area contributed by atoms with Crippen molar-refractivity contribution >= 4 is 29.1 Å². The third-order valence-electron chi connectivity index (χ3n) is 4.83. The molecule has 3 heterocycles. The molecule has 0 aliphatic heterocycles. The number of nitrogens with zero attached hydrogens (tertiary/aromatic N) is 4. The Balaban J connectivity index is 1.70. The van der Waals surface area contributed by atoms with Gasteiger partial charge in [0, 0.05) is 42.9 Å². The maximum Gasteiger partial charge on any atom is 0.254 e. The van der Waals surface area contributed by atoms with E-state index in [1.54, 1.807) is 13.0 Å². The van der Waals surface area contributed by atoms with E-state index < -0.39 is 12.9 Å². The van der Waals surface area contributed by atoms with Gasteiger partial charge in [0.15, 0.2) is 11.6 Å². The van der Waals surface area contributed by atoms with Crippen LogP contribution in [0.1, 0.15) is 39.6 Å². The van der Waals surface area contributed by atoms with Gasteiger partial charge in [0.2, 0.25) is 17.6 Å². The SMILES string of the molecule is [2H]C([2H])([2H])NC(=O)c1cnc(NC(=O)CC2CC2)cc1Nc1nccc(-c2noc(C)n2)c1OC. The second-order valence-electron chi connectivity index (χ2n) is 7.27. The van der Waals surface area contributed by atoms with Crippen LogP contribution in [0.3, 0.4) is 0 Å². The molecule has 3 aromatic rings. The normalized spacial score (nSPS) is 14.6. The zero-order valence-electron chi connectivity index (χ0n) is 20.4. The number of nitrogens with one attached hydrogen (secondary N) is 3. The van der Waals surface area contributed by atoms with Gasteiger partial charge in [-0.3, -0.25) is 9.59 Å². The first-order valence-electron chi connectivity index (χ1n) is 11.4. The van der Waals surface area contributed by atoms with Gasteiger partial charge in [0.1, 0.15) is 5.82 Å². The summed E-state index contributed by atoms with van der Waals surface area (Å²) in [5.41, 5.74) is 0.545. The van der Waals surface area contributed by atoms with Gasteiger partial charge in [-0.05, 0) is 24.8 Å². The van der Waals surface area contributed by atoms with Crippen molar-refractivity contribution in [3.05, 3.63) is 36.0 Å². The van der Waals surface area contributed by atoms with Gasteiger partial charge in [-0.2, -0.15) is 4.98 Å². The minimum Gasteiger partial charge on any atom is -0.492 e. The molecule has 0 aromatic carbocycles. The Hall–Kier alpha value is -4.02. The second-order valence-corrected chi connectivity index (χ2v) is 7.27. The smallest absolute Gasteiger partial charge is 0.254 e. The van der Waals surface area contributed by atoms with Crippen LogP contribution >= 0.6 is 0 Å². The summed E-state index contributed by atoms with van der Waals surface area (Å²) in [6.07, 6.45) is 5.07. The number of rotatable bonds is 8. The number of carbonyl (C=O) groups is 2. The van der Waals surface area contributed by atoms with E-state index in [0.29, 0.717) is 23.8 Å². The summed E-state index contributed by atoms with van der Waals surface area (Å²) >= 11 is 0. The number of aryl methyl sites for hydroxylation is 1. The fourth-order valence-electron chi connectivity index (χ4n) is 3.11. The predicted octanol–water partition coefficient (Wildman–Crippen LogP) is 2.69. The lowest BCUT2D eigenvalue weighted by atomic mass is 10.2. The molecule has 1 aliphatic rings. The Bertz CT molecular complexity index is 1260. The third kappa shape index (κ3) is 4.66. The van der Waals surface area contributed by atoms with Gasteiger partial charge in [-0.15, -0.1) is 0 Å². The second kappa shape index (κ2) is 9.00. The van der Waals surface area contributed by atoms with E-state index >= 15 is 0 Å². The number of anilines is 3. The first-order valence-corrected chi connectivity index (χ1v) is 9.86. The molecule has 0 atom stereocenters. The van der Waals surface area contributed by atoms with Crippen LogP contribution in [0.2, 0.25) is 0 Å². The van der Waals surface area contributed by atoms with E-state index in [0.717, 1.165) is 12.8 Å². The van der Waals surface area contributed by atoms with Crippen molar-refractivity contribution in [3.63, 3.8) is 0 Å². The van der Waals surface area contributed by atoms with Crippen LogP contribution in [0.25, 0.3) is 11.4 Å². The zero-order chi connectivity index (χ0) is 25.2. The molecule has 166 valence electrons.